The second-order valence-corrected chi connectivity index (χ2v) is 14.2. The number of hydrogen-bond donors (Lipinski definition) is 6. The first kappa shape index (κ1) is 42.6. The molecule has 4 rings (SSSR count). The Morgan fingerprint density at radius 3 is 2.05 bits per heavy atom. The van der Waals surface area contributed by atoms with Crippen molar-refractivity contribution in [3.8, 4) is 24.1 Å². The number of aromatic hydroxyl groups is 1. The van der Waals surface area contributed by atoms with Gasteiger partial charge in [0.15, 0.2) is 17.6 Å². The molecule has 0 bridgehead atoms. The zero-order valence-corrected chi connectivity index (χ0v) is 30.5. The van der Waals surface area contributed by atoms with Crippen LogP contribution in [0.15, 0.2) is 91.0 Å². The van der Waals surface area contributed by atoms with Crippen molar-refractivity contribution in [2.45, 2.75) is 32.7 Å². The summed E-state index contributed by atoms with van der Waals surface area (Å²) < 4.78 is 87.1. The van der Waals surface area contributed by atoms with Crippen molar-refractivity contribution < 1.29 is 84.5 Å². The Kier molecular flexibility index (Phi) is 14.3. The minimum absolute atomic E-state index is 0.0638. The summed E-state index contributed by atoms with van der Waals surface area (Å²) >= 11 is 0.794. The summed E-state index contributed by atoms with van der Waals surface area (Å²) in [5.74, 6) is -3.13. The highest BCUT2D eigenvalue weighted by molar-refractivity contribution is 7.94. The molecule has 0 aliphatic carbocycles. The fourth-order valence-corrected chi connectivity index (χ4v) is 6.63. The first-order chi connectivity index (χ1) is 26.1. The van der Waals surface area contributed by atoms with Gasteiger partial charge in [0.2, 0.25) is 5.88 Å². The van der Waals surface area contributed by atoms with Crippen LogP contribution >= 0.6 is 24.1 Å². The van der Waals surface area contributed by atoms with E-state index in [0.29, 0.717) is 33.8 Å². The van der Waals surface area contributed by atoms with E-state index in [-0.39, 0.29) is 27.5 Å². The number of carbonyl (C=O) groups excluding carboxylic acids is 2. The van der Waals surface area contributed by atoms with Crippen LogP contribution in [-0.2, 0) is 53.2 Å². The SMILES string of the molecule is C#COC(=O)C1=NN(c2cc(SOOO)ccc2S(=O)(=O)O)C(O)/C1=C\C=CC=Cc1c(C(=O)OCC)nn(-c2cc(SOOO)ccc2S(=O)(=O)O)c1O. The normalized spacial score (nSPS) is 15.5. The number of benzene rings is 2. The molecule has 2 aromatic carbocycles. The number of rotatable bonds is 16. The molecule has 0 spiro atoms. The molecule has 1 aliphatic rings. The Hall–Kier alpha value is -5.12. The molecule has 0 saturated carbocycles. The maximum atomic E-state index is 12.8. The number of hydrogen-bond acceptors (Lipinski definition) is 21. The molecule has 1 aliphatic heterocycles. The number of aromatic nitrogens is 2. The van der Waals surface area contributed by atoms with E-state index < -0.39 is 76.9 Å². The third-order valence-electron chi connectivity index (χ3n) is 6.68. The number of aliphatic hydroxyl groups is 1. The van der Waals surface area contributed by atoms with E-state index in [2.05, 4.69) is 33.7 Å². The lowest BCUT2D eigenvalue weighted by atomic mass is 10.1. The van der Waals surface area contributed by atoms with Crippen LogP contribution in [0.1, 0.15) is 23.0 Å². The highest BCUT2D eigenvalue weighted by Crippen LogP contribution is 2.37. The van der Waals surface area contributed by atoms with E-state index in [1.54, 1.807) is 6.11 Å². The molecule has 2 heterocycles. The Bertz CT molecular complexity index is 2350. The Morgan fingerprint density at radius 2 is 1.51 bits per heavy atom. The van der Waals surface area contributed by atoms with Gasteiger partial charge in [-0.3, -0.25) is 9.11 Å². The lowest BCUT2D eigenvalue weighted by Gasteiger charge is -2.21. The molecule has 0 saturated heterocycles. The van der Waals surface area contributed by atoms with Crippen molar-refractivity contribution in [1.82, 2.24) is 9.78 Å². The predicted octanol–water partition coefficient (Wildman–Crippen LogP) is 2.93. The molecule has 26 heteroatoms. The van der Waals surface area contributed by atoms with Gasteiger partial charge in [-0.2, -0.15) is 31.7 Å². The Labute approximate surface area is 318 Å². The first-order valence-electron chi connectivity index (χ1n) is 14.4. The van der Waals surface area contributed by atoms with Gasteiger partial charge in [0.05, 0.1) is 47.6 Å². The van der Waals surface area contributed by atoms with Crippen LogP contribution < -0.4 is 5.01 Å². The zero-order valence-electron chi connectivity index (χ0n) is 27.2. The summed E-state index contributed by atoms with van der Waals surface area (Å²) in [6, 6.07) is 6.22. The average Bonchev–Trinajstić information content (AvgIpc) is 3.64. The second-order valence-electron chi connectivity index (χ2n) is 9.92. The molecule has 6 N–H and O–H groups in total. The summed E-state index contributed by atoms with van der Waals surface area (Å²) in [5, 5.41) is 54.9. The van der Waals surface area contributed by atoms with Crippen molar-refractivity contribution in [2.75, 3.05) is 11.6 Å². The maximum absolute atomic E-state index is 12.8. The van der Waals surface area contributed by atoms with E-state index in [1.807, 2.05) is 0 Å². The van der Waals surface area contributed by atoms with Gasteiger partial charge in [-0.05, 0) is 49.4 Å². The predicted molar refractivity (Wildman–Crippen MR) is 186 cm³/mol. The monoisotopic (exact) mass is 844 g/mol. The molecular formula is C29H24N4O18S4. The highest BCUT2D eigenvalue weighted by atomic mass is 32.2. The fourth-order valence-electron chi connectivity index (χ4n) is 4.54. The third-order valence-corrected chi connectivity index (χ3v) is 9.63. The van der Waals surface area contributed by atoms with Gasteiger partial charge in [0, 0.05) is 15.4 Å². The van der Waals surface area contributed by atoms with Crippen LogP contribution in [-0.4, -0.2) is 86.9 Å². The Balaban J connectivity index is 1.76. The van der Waals surface area contributed by atoms with E-state index >= 15 is 0 Å². The fraction of sp³-hybridized carbons (Fsp3) is 0.103. The van der Waals surface area contributed by atoms with Crippen molar-refractivity contribution in [1.29, 1.82) is 0 Å². The smallest absolute Gasteiger partial charge is 0.373 e. The first-order valence-corrected chi connectivity index (χ1v) is 18.7. The highest BCUT2D eigenvalue weighted by Gasteiger charge is 2.38. The van der Waals surface area contributed by atoms with Crippen molar-refractivity contribution >= 4 is 73.7 Å². The summed E-state index contributed by atoms with van der Waals surface area (Å²) in [6.07, 6.45) is 10.7. The van der Waals surface area contributed by atoms with Gasteiger partial charge >= 0.3 is 11.9 Å². The van der Waals surface area contributed by atoms with Crippen molar-refractivity contribution in [3.05, 3.63) is 77.5 Å². The molecule has 0 fully saturated rings. The van der Waals surface area contributed by atoms with Gasteiger partial charge in [0.25, 0.3) is 20.2 Å². The molecule has 1 aromatic heterocycles. The molecule has 0 radical (unpaired) electrons. The number of carbonyl (C=O) groups is 2. The molecule has 1 unspecified atom stereocenters. The van der Waals surface area contributed by atoms with Crippen LogP contribution in [0.5, 0.6) is 5.88 Å². The molecular weight excluding hydrogens is 821 g/mol. The number of terminal acetylenes is 1. The van der Waals surface area contributed by atoms with E-state index in [1.165, 1.54) is 25.2 Å². The summed E-state index contributed by atoms with van der Waals surface area (Å²) in [4.78, 5) is 24.1. The largest absolute Gasteiger partial charge is 0.493 e. The number of ether oxygens (including phenoxy) is 2. The standard InChI is InChI=1S/C29H24N4O18S4/c1-3-46-28(36)24-18(26(34)32(30-24)20-14-16(52-50-48-38)10-12-22(20)54(40,41)42)8-6-5-7-9-19-25(29(37)47-4-2)31-33(27(19)35)21-15-17(53-51-49-39)11-13-23(21)55(43,44)45/h1,5-15,26,34-35,38-39H,4H2,2H3,(H,40,41,42)(H,43,44,45)/b6-5?,9-7?,18-8-. The van der Waals surface area contributed by atoms with Gasteiger partial charge in [-0.15, -0.1) is 8.67 Å². The average molecular weight is 845 g/mol. The van der Waals surface area contributed by atoms with Crippen molar-refractivity contribution in [3.63, 3.8) is 0 Å². The molecule has 22 nitrogen and oxygen atoms in total. The number of hydrazone groups is 1. The third kappa shape index (κ3) is 10.1. The quantitative estimate of drug-likeness (QED) is 0.0230. The summed E-state index contributed by atoms with van der Waals surface area (Å²) in [5.41, 5.74) is -2.71. The topological polar surface area (TPSA) is 313 Å². The van der Waals surface area contributed by atoms with Gasteiger partial charge in [0.1, 0.15) is 15.9 Å². The number of esters is 2. The molecule has 3 aromatic rings. The van der Waals surface area contributed by atoms with Crippen LogP contribution in [0, 0.1) is 12.5 Å². The second kappa shape index (κ2) is 18.5. The lowest BCUT2D eigenvalue weighted by molar-refractivity contribution is -0.432. The number of aliphatic hydroxyl groups excluding tert-OH is 1. The lowest BCUT2D eigenvalue weighted by Crippen LogP contribution is -2.29. The minimum atomic E-state index is -4.96. The maximum Gasteiger partial charge on any atom is 0.373 e. The number of anilines is 1. The van der Waals surface area contributed by atoms with Crippen LogP contribution in [0.25, 0.3) is 11.8 Å². The van der Waals surface area contributed by atoms with Crippen LogP contribution in [0.4, 0.5) is 5.69 Å². The Morgan fingerprint density at radius 1 is 0.927 bits per heavy atom. The van der Waals surface area contributed by atoms with Crippen LogP contribution in [0.3, 0.4) is 0 Å². The van der Waals surface area contributed by atoms with E-state index in [4.69, 9.17) is 21.7 Å². The zero-order chi connectivity index (χ0) is 40.5. The minimum Gasteiger partial charge on any atom is -0.493 e. The number of allylic oxidation sites excluding steroid dienone is 4. The molecule has 55 heavy (non-hydrogen) atoms. The molecule has 292 valence electrons. The van der Waals surface area contributed by atoms with Crippen molar-refractivity contribution in [2.24, 2.45) is 5.10 Å². The van der Waals surface area contributed by atoms with Crippen LogP contribution in [0.2, 0.25) is 0 Å². The summed E-state index contributed by atoms with van der Waals surface area (Å²) in [7, 11) is -9.92. The number of nitrogens with zero attached hydrogens (tertiary/aromatic N) is 4. The van der Waals surface area contributed by atoms with Gasteiger partial charge in [-0.1, -0.05) is 40.8 Å². The summed E-state index contributed by atoms with van der Waals surface area (Å²) in [6.45, 7) is 1.35. The molecule has 0 amide bonds. The van der Waals surface area contributed by atoms with E-state index in [0.717, 1.165) is 48.6 Å². The van der Waals surface area contributed by atoms with Gasteiger partial charge in [-0.25, -0.2) is 25.1 Å². The van der Waals surface area contributed by atoms with Gasteiger partial charge < -0.3 is 19.7 Å². The molecule has 1 atom stereocenters. The van der Waals surface area contributed by atoms with E-state index in [9.17, 15) is 45.7 Å².